The van der Waals surface area contributed by atoms with Crippen molar-refractivity contribution in [2.45, 2.75) is 0 Å². The Bertz CT molecular complexity index is 500. The van der Waals surface area contributed by atoms with Crippen molar-refractivity contribution in [1.82, 2.24) is 0 Å². The van der Waals surface area contributed by atoms with Gasteiger partial charge in [-0.1, -0.05) is 23.2 Å². The SMILES string of the molecule is COCCOCCOC1=C(Cl)C(=O)C(Cl)=C(OCCOCCOC)C1=O. The van der Waals surface area contributed by atoms with Crippen LogP contribution in [0.5, 0.6) is 0 Å². The maximum absolute atomic E-state index is 12.4. The zero-order chi connectivity index (χ0) is 19.4. The molecule has 148 valence electrons. The molecule has 8 nitrogen and oxygen atoms in total. The maximum atomic E-state index is 12.4. The van der Waals surface area contributed by atoms with Crippen LogP contribution in [0.3, 0.4) is 0 Å². The number of carbonyl (C=O) groups excluding carboxylic acids is 2. The molecule has 0 amide bonds. The second kappa shape index (κ2) is 13.1. The minimum absolute atomic E-state index is 0.0271. The number of allylic oxidation sites excluding steroid dienone is 2. The molecule has 0 saturated heterocycles. The van der Waals surface area contributed by atoms with E-state index in [2.05, 4.69) is 0 Å². The number of carbonyl (C=O) groups is 2. The molecule has 0 atom stereocenters. The molecule has 0 N–H and O–H groups in total. The molecule has 10 heteroatoms. The Kier molecular flexibility index (Phi) is 11.5. The van der Waals surface area contributed by atoms with Crippen LogP contribution >= 0.6 is 23.2 Å². The molecular formula is C16H22Cl2O8. The number of hydrogen-bond acceptors (Lipinski definition) is 8. The first-order chi connectivity index (χ1) is 12.5. The van der Waals surface area contributed by atoms with Crippen LogP contribution in [0.15, 0.2) is 21.6 Å². The average Bonchev–Trinajstić information content (AvgIpc) is 2.64. The molecule has 1 aliphatic carbocycles. The van der Waals surface area contributed by atoms with E-state index in [1.165, 1.54) is 0 Å². The van der Waals surface area contributed by atoms with Crippen LogP contribution in [0, 0.1) is 0 Å². The minimum atomic E-state index is -0.737. The van der Waals surface area contributed by atoms with Gasteiger partial charge in [-0.3, -0.25) is 9.59 Å². The number of rotatable bonds is 14. The van der Waals surface area contributed by atoms with Gasteiger partial charge in [-0.15, -0.1) is 0 Å². The van der Waals surface area contributed by atoms with Gasteiger partial charge in [0.05, 0.1) is 39.6 Å². The van der Waals surface area contributed by atoms with Gasteiger partial charge in [0.25, 0.3) is 5.78 Å². The predicted molar refractivity (Wildman–Crippen MR) is 93.1 cm³/mol. The van der Waals surface area contributed by atoms with E-state index in [1.54, 1.807) is 14.2 Å². The third kappa shape index (κ3) is 7.22. The van der Waals surface area contributed by atoms with Gasteiger partial charge in [0.1, 0.15) is 23.3 Å². The fourth-order valence-corrected chi connectivity index (χ4v) is 2.27. The largest absolute Gasteiger partial charge is 0.485 e. The van der Waals surface area contributed by atoms with Crippen molar-refractivity contribution in [2.75, 3.05) is 67.1 Å². The van der Waals surface area contributed by atoms with Crippen LogP contribution in [-0.2, 0) is 38.0 Å². The molecule has 0 spiro atoms. The summed E-state index contributed by atoms with van der Waals surface area (Å²) in [4.78, 5) is 24.5. The molecule has 0 saturated carbocycles. The third-order valence-corrected chi connectivity index (χ3v) is 3.71. The number of methoxy groups -OCH3 is 2. The Morgan fingerprint density at radius 2 is 1.00 bits per heavy atom. The molecule has 0 aromatic carbocycles. The van der Waals surface area contributed by atoms with Gasteiger partial charge in [0.2, 0.25) is 5.78 Å². The Morgan fingerprint density at radius 3 is 1.38 bits per heavy atom. The lowest BCUT2D eigenvalue weighted by atomic mass is 10.1. The Hall–Kier alpha value is -1.16. The fourth-order valence-electron chi connectivity index (χ4n) is 1.76. The van der Waals surface area contributed by atoms with Crippen molar-refractivity contribution < 1.29 is 38.0 Å². The monoisotopic (exact) mass is 412 g/mol. The fraction of sp³-hybridized carbons (Fsp3) is 0.625. The molecule has 1 rings (SSSR count). The van der Waals surface area contributed by atoms with E-state index in [-0.39, 0.29) is 48.0 Å². The second-order valence-electron chi connectivity index (χ2n) is 4.85. The van der Waals surface area contributed by atoms with Crippen molar-refractivity contribution in [3.05, 3.63) is 21.6 Å². The van der Waals surface area contributed by atoms with Crippen molar-refractivity contribution in [3.8, 4) is 0 Å². The summed E-state index contributed by atoms with van der Waals surface area (Å²) >= 11 is 11.8. The summed E-state index contributed by atoms with van der Waals surface area (Å²) in [5.74, 6) is -2.06. The highest BCUT2D eigenvalue weighted by Gasteiger charge is 2.36. The summed E-state index contributed by atoms with van der Waals surface area (Å²) in [6, 6.07) is 0. The summed E-state index contributed by atoms with van der Waals surface area (Å²) in [6.07, 6.45) is 0. The van der Waals surface area contributed by atoms with E-state index >= 15 is 0 Å². The third-order valence-electron chi connectivity index (χ3n) is 3.02. The minimum Gasteiger partial charge on any atom is -0.485 e. The number of hydrogen-bond donors (Lipinski definition) is 0. The van der Waals surface area contributed by atoms with Crippen LogP contribution < -0.4 is 0 Å². The lowest BCUT2D eigenvalue weighted by Crippen LogP contribution is -2.25. The first kappa shape index (κ1) is 22.9. The summed E-state index contributed by atoms with van der Waals surface area (Å²) in [5.41, 5.74) is 0. The quantitative estimate of drug-likeness (QED) is 0.312. The topological polar surface area (TPSA) is 89.5 Å². The van der Waals surface area contributed by atoms with Gasteiger partial charge in [-0.05, 0) is 0 Å². The van der Waals surface area contributed by atoms with Crippen LogP contribution in [0.1, 0.15) is 0 Å². The molecular weight excluding hydrogens is 391 g/mol. The normalized spacial score (nSPS) is 15.1. The molecule has 1 aliphatic rings. The van der Waals surface area contributed by atoms with Crippen molar-refractivity contribution in [1.29, 1.82) is 0 Å². The predicted octanol–water partition coefficient (Wildman–Crippen LogP) is 1.40. The summed E-state index contributed by atoms with van der Waals surface area (Å²) in [5, 5.41) is -0.777. The summed E-state index contributed by atoms with van der Waals surface area (Å²) < 4.78 is 30.7. The van der Waals surface area contributed by atoms with E-state index in [9.17, 15) is 9.59 Å². The van der Waals surface area contributed by atoms with Crippen molar-refractivity contribution in [2.24, 2.45) is 0 Å². The molecule has 0 unspecified atom stereocenters. The van der Waals surface area contributed by atoms with Gasteiger partial charge in [-0.25, -0.2) is 0 Å². The molecule has 0 aromatic heterocycles. The lowest BCUT2D eigenvalue weighted by Gasteiger charge is -2.19. The number of halogens is 2. The van der Waals surface area contributed by atoms with Crippen LogP contribution in [0.2, 0.25) is 0 Å². The van der Waals surface area contributed by atoms with Gasteiger partial charge < -0.3 is 28.4 Å². The Labute approximate surface area is 161 Å². The highest BCUT2D eigenvalue weighted by molar-refractivity contribution is 6.58. The van der Waals surface area contributed by atoms with Crippen molar-refractivity contribution >= 4 is 34.8 Å². The maximum Gasteiger partial charge on any atom is 0.265 e. The highest BCUT2D eigenvalue weighted by atomic mass is 35.5. The van der Waals surface area contributed by atoms with Gasteiger partial charge in [0.15, 0.2) is 11.5 Å². The number of Topliss-reactive ketones (excluding diaryl/α,β-unsaturated/α-hetero) is 2. The van der Waals surface area contributed by atoms with E-state index in [0.717, 1.165) is 0 Å². The first-order valence-electron chi connectivity index (χ1n) is 7.82. The average molecular weight is 413 g/mol. The molecule has 0 aliphatic heterocycles. The zero-order valence-electron chi connectivity index (χ0n) is 14.7. The van der Waals surface area contributed by atoms with Crippen LogP contribution in [-0.4, -0.2) is 78.6 Å². The second-order valence-corrected chi connectivity index (χ2v) is 5.61. The molecule has 0 bridgehead atoms. The van der Waals surface area contributed by atoms with Crippen LogP contribution in [0.4, 0.5) is 0 Å². The molecule has 0 fully saturated rings. The Morgan fingerprint density at radius 1 is 0.615 bits per heavy atom. The standard InChI is InChI=1S/C16H22Cl2O8/c1-21-3-5-23-7-9-25-15-11(17)13(19)12(18)16(14(15)20)26-10-8-24-6-4-22-2/h3-10H2,1-2H3. The molecule has 0 aromatic rings. The summed E-state index contributed by atoms with van der Waals surface area (Å²) in [7, 11) is 3.11. The highest BCUT2D eigenvalue weighted by Crippen LogP contribution is 2.30. The Balaban J connectivity index is 2.54. The van der Waals surface area contributed by atoms with Crippen LogP contribution in [0.25, 0.3) is 0 Å². The van der Waals surface area contributed by atoms with E-state index in [0.29, 0.717) is 26.4 Å². The van der Waals surface area contributed by atoms with E-state index in [1.807, 2.05) is 0 Å². The smallest absolute Gasteiger partial charge is 0.265 e. The number of ketones is 2. The van der Waals surface area contributed by atoms with E-state index < -0.39 is 11.6 Å². The van der Waals surface area contributed by atoms with Gasteiger partial charge in [-0.2, -0.15) is 0 Å². The summed E-state index contributed by atoms with van der Waals surface area (Å²) in [6.45, 7) is 2.07. The molecule has 0 radical (unpaired) electrons. The van der Waals surface area contributed by atoms with Gasteiger partial charge >= 0.3 is 0 Å². The molecule has 26 heavy (non-hydrogen) atoms. The van der Waals surface area contributed by atoms with E-state index in [4.69, 9.17) is 51.6 Å². The van der Waals surface area contributed by atoms with Gasteiger partial charge in [0, 0.05) is 14.2 Å². The number of ether oxygens (including phenoxy) is 6. The van der Waals surface area contributed by atoms with Crippen molar-refractivity contribution in [3.63, 3.8) is 0 Å². The zero-order valence-corrected chi connectivity index (χ0v) is 16.2. The molecule has 0 heterocycles. The first-order valence-corrected chi connectivity index (χ1v) is 8.58. The lowest BCUT2D eigenvalue weighted by molar-refractivity contribution is -0.122.